The van der Waals surface area contributed by atoms with Gasteiger partial charge in [0.25, 0.3) is 0 Å². The van der Waals surface area contributed by atoms with Gasteiger partial charge in [0.05, 0.1) is 29.9 Å². The summed E-state index contributed by atoms with van der Waals surface area (Å²) in [6, 6.07) is 11.6. The standard InChI is InChI=1S/C23H23F2N3O5S/c1-2-20(23(30)26-14-17-6-5-13-33-17)28(21-8-4-3-7-19(21)25)22(29)15-27-34(31,32)18-11-9-16(24)10-12-18/h3-13,20,27H,2,14-15H2,1H3,(H,26,30)/t20-/m0/s1. The Balaban J connectivity index is 1.83. The highest BCUT2D eigenvalue weighted by Gasteiger charge is 2.32. The van der Waals surface area contributed by atoms with Crippen molar-refractivity contribution in [1.29, 1.82) is 0 Å². The number of anilines is 1. The van der Waals surface area contributed by atoms with Gasteiger partial charge in [-0.15, -0.1) is 0 Å². The van der Waals surface area contributed by atoms with Gasteiger partial charge in [0.2, 0.25) is 21.8 Å². The molecule has 180 valence electrons. The number of para-hydroxylation sites is 1. The van der Waals surface area contributed by atoms with Crippen molar-refractivity contribution in [2.45, 2.75) is 30.8 Å². The summed E-state index contributed by atoms with van der Waals surface area (Å²) in [5, 5.41) is 2.64. The molecule has 1 heterocycles. The molecule has 11 heteroatoms. The third-order valence-corrected chi connectivity index (χ3v) is 6.35. The predicted molar refractivity (Wildman–Crippen MR) is 120 cm³/mol. The number of sulfonamides is 1. The zero-order valence-corrected chi connectivity index (χ0v) is 19.0. The summed E-state index contributed by atoms with van der Waals surface area (Å²) >= 11 is 0. The molecule has 0 saturated carbocycles. The van der Waals surface area contributed by atoms with Crippen molar-refractivity contribution in [1.82, 2.24) is 10.0 Å². The maximum atomic E-state index is 14.6. The summed E-state index contributed by atoms with van der Waals surface area (Å²) in [5.74, 6) is -2.31. The normalized spacial score (nSPS) is 12.2. The molecular formula is C23H23F2N3O5S. The van der Waals surface area contributed by atoms with Crippen LogP contribution in [-0.2, 0) is 26.2 Å². The molecule has 0 aliphatic carbocycles. The van der Waals surface area contributed by atoms with Crippen LogP contribution < -0.4 is 14.9 Å². The molecule has 0 saturated heterocycles. The van der Waals surface area contributed by atoms with Crippen molar-refractivity contribution < 1.29 is 31.2 Å². The first-order valence-electron chi connectivity index (χ1n) is 10.3. The average Bonchev–Trinajstić information content (AvgIpc) is 3.34. The van der Waals surface area contributed by atoms with Gasteiger partial charge in [-0.1, -0.05) is 19.1 Å². The number of nitrogens with one attached hydrogen (secondary N) is 2. The number of benzene rings is 2. The first kappa shape index (κ1) is 25.1. The highest BCUT2D eigenvalue weighted by Crippen LogP contribution is 2.23. The monoisotopic (exact) mass is 491 g/mol. The van der Waals surface area contributed by atoms with Gasteiger partial charge in [-0.05, 0) is 55.0 Å². The van der Waals surface area contributed by atoms with Gasteiger partial charge in [0.1, 0.15) is 23.4 Å². The van der Waals surface area contributed by atoms with Gasteiger partial charge < -0.3 is 9.73 Å². The van der Waals surface area contributed by atoms with E-state index in [0.29, 0.717) is 5.76 Å². The van der Waals surface area contributed by atoms with Gasteiger partial charge in [-0.3, -0.25) is 14.5 Å². The zero-order valence-electron chi connectivity index (χ0n) is 18.2. The van der Waals surface area contributed by atoms with E-state index >= 15 is 0 Å². The van der Waals surface area contributed by atoms with Crippen molar-refractivity contribution in [3.63, 3.8) is 0 Å². The Kier molecular flexibility index (Phi) is 8.13. The first-order chi connectivity index (χ1) is 16.2. The Morgan fingerprint density at radius 2 is 1.74 bits per heavy atom. The van der Waals surface area contributed by atoms with Crippen molar-refractivity contribution in [2.24, 2.45) is 0 Å². The van der Waals surface area contributed by atoms with Gasteiger partial charge in [0.15, 0.2) is 0 Å². The number of rotatable bonds is 10. The number of hydrogen-bond donors (Lipinski definition) is 2. The van der Waals surface area contributed by atoms with Crippen molar-refractivity contribution in [3.05, 3.63) is 84.3 Å². The Morgan fingerprint density at radius 1 is 1.03 bits per heavy atom. The second-order valence-corrected chi connectivity index (χ2v) is 8.98. The highest BCUT2D eigenvalue weighted by molar-refractivity contribution is 7.89. The molecular weight excluding hydrogens is 468 g/mol. The minimum absolute atomic E-state index is 0.0544. The number of halogens is 2. The number of carbonyl (C=O) groups excluding carboxylic acids is 2. The fraction of sp³-hybridized carbons (Fsp3) is 0.217. The van der Waals surface area contributed by atoms with Crippen LogP contribution in [0, 0.1) is 11.6 Å². The summed E-state index contributed by atoms with van der Waals surface area (Å²) in [6.45, 7) is 0.940. The van der Waals surface area contributed by atoms with E-state index in [-0.39, 0.29) is 23.5 Å². The van der Waals surface area contributed by atoms with E-state index in [1.54, 1.807) is 19.1 Å². The molecule has 2 N–H and O–H groups in total. The molecule has 0 radical (unpaired) electrons. The lowest BCUT2D eigenvalue weighted by molar-refractivity contribution is -0.126. The molecule has 0 fully saturated rings. The third kappa shape index (κ3) is 6.06. The van der Waals surface area contributed by atoms with Crippen LogP contribution in [0.4, 0.5) is 14.5 Å². The maximum absolute atomic E-state index is 14.6. The van der Waals surface area contributed by atoms with Crippen molar-refractivity contribution >= 4 is 27.5 Å². The highest BCUT2D eigenvalue weighted by atomic mass is 32.2. The summed E-state index contributed by atoms with van der Waals surface area (Å²) in [7, 11) is -4.16. The molecule has 2 aromatic carbocycles. The largest absolute Gasteiger partial charge is 0.467 e. The molecule has 1 atom stereocenters. The summed E-state index contributed by atoms with van der Waals surface area (Å²) in [5.41, 5.74) is -0.173. The Bertz CT molecular complexity index is 1230. The summed E-state index contributed by atoms with van der Waals surface area (Å²) in [6.07, 6.45) is 1.57. The molecule has 2 amide bonds. The number of carbonyl (C=O) groups is 2. The van der Waals surface area contributed by atoms with E-state index in [4.69, 9.17) is 4.42 Å². The molecule has 34 heavy (non-hydrogen) atoms. The van der Waals surface area contributed by atoms with E-state index < -0.39 is 46.1 Å². The molecule has 0 bridgehead atoms. The summed E-state index contributed by atoms with van der Waals surface area (Å²) in [4.78, 5) is 26.7. The van der Waals surface area contributed by atoms with Crippen LogP contribution >= 0.6 is 0 Å². The topological polar surface area (TPSA) is 109 Å². The van der Waals surface area contributed by atoms with E-state index in [1.807, 2.05) is 0 Å². The SMILES string of the molecule is CC[C@@H](C(=O)NCc1ccco1)N(C(=O)CNS(=O)(=O)c1ccc(F)cc1)c1ccccc1F. The molecule has 8 nitrogen and oxygen atoms in total. The van der Waals surface area contributed by atoms with Crippen molar-refractivity contribution in [2.75, 3.05) is 11.4 Å². The molecule has 0 spiro atoms. The molecule has 3 rings (SSSR count). The fourth-order valence-electron chi connectivity index (χ4n) is 3.25. The van der Waals surface area contributed by atoms with E-state index in [2.05, 4.69) is 10.0 Å². The molecule has 0 unspecified atom stereocenters. The Hall–Kier alpha value is -3.57. The Morgan fingerprint density at radius 3 is 2.35 bits per heavy atom. The lowest BCUT2D eigenvalue weighted by Gasteiger charge is -2.30. The predicted octanol–water partition coefficient (Wildman–Crippen LogP) is 2.96. The maximum Gasteiger partial charge on any atom is 0.243 e. The average molecular weight is 492 g/mol. The minimum atomic E-state index is -4.16. The first-order valence-corrected chi connectivity index (χ1v) is 11.8. The smallest absolute Gasteiger partial charge is 0.243 e. The molecule has 0 aliphatic rings. The number of nitrogens with zero attached hydrogens (tertiary/aromatic N) is 1. The zero-order chi connectivity index (χ0) is 24.7. The van der Waals surface area contributed by atoms with Gasteiger partial charge >= 0.3 is 0 Å². The van der Waals surface area contributed by atoms with Crippen LogP contribution in [-0.4, -0.2) is 32.8 Å². The Labute approximate surface area is 195 Å². The minimum Gasteiger partial charge on any atom is -0.467 e. The van der Waals surface area contributed by atoms with E-state index in [1.165, 1.54) is 24.5 Å². The van der Waals surface area contributed by atoms with Gasteiger partial charge in [-0.2, -0.15) is 0 Å². The van der Waals surface area contributed by atoms with Crippen LogP contribution in [0.5, 0.6) is 0 Å². The quantitative estimate of drug-likeness (QED) is 0.453. The second-order valence-electron chi connectivity index (χ2n) is 7.21. The van der Waals surface area contributed by atoms with Crippen LogP contribution in [0.1, 0.15) is 19.1 Å². The molecule has 3 aromatic rings. The fourth-order valence-corrected chi connectivity index (χ4v) is 4.23. The van der Waals surface area contributed by atoms with Crippen LogP contribution in [0.3, 0.4) is 0 Å². The van der Waals surface area contributed by atoms with Gasteiger partial charge in [0, 0.05) is 0 Å². The number of hydrogen-bond acceptors (Lipinski definition) is 5. The number of furan rings is 1. The molecule has 0 aliphatic heterocycles. The van der Waals surface area contributed by atoms with Crippen molar-refractivity contribution in [3.8, 4) is 0 Å². The van der Waals surface area contributed by atoms with Crippen LogP contribution in [0.15, 0.2) is 76.2 Å². The van der Waals surface area contributed by atoms with E-state index in [9.17, 15) is 26.8 Å². The second kappa shape index (κ2) is 11.0. The lowest BCUT2D eigenvalue weighted by Crippen LogP contribution is -2.52. The van der Waals surface area contributed by atoms with Crippen LogP contribution in [0.25, 0.3) is 0 Å². The third-order valence-electron chi connectivity index (χ3n) is 4.94. The summed E-state index contributed by atoms with van der Waals surface area (Å²) < 4.78 is 60.1. The lowest BCUT2D eigenvalue weighted by atomic mass is 10.1. The van der Waals surface area contributed by atoms with E-state index in [0.717, 1.165) is 35.2 Å². The van der Waals surface area contributed by atoms with Crippen LogP contribution in [0.2, 0.25) is 0 Å². The van der Waals surface area contributed by atoms with Gasteiger partial charge in [-0.25, -0.2) is 21.9 Å². The molecule has 1 aromatic heterocycles. The number of amides is 2.